The molecule has 0 radical (unpaired) electrons. The molecule has 0 fully saturated rings. The Bertz CT molecular complexity index is 2310. The van der Waals surface area contributed by atoms with Crippen molar-refractivity contribution in [1.29, 1.82) is 0 Å². The van der Waals surface area contributed by atoms with Gasteiger partial charge in [-0.1, -0.05) is 103 Å². The SMILES string of the molecule is C=c1c2c(C)c3ccccc3cc2n2c3ccccc3c3c(-c4nc(C(C)(C)C)nc(C(C)(C)C)n4)cc(/C=C\C)c1c32. The van der Waals surface area contributed by atoms with Crippen molar-refractivity contribution in [2.45, 2.75) is 66.2 Å². The molecule has 0 aliphatic heterocycles. The van der Waals surface area contributed by atoms with E-state index in [4.69, 9.17) is 21.5 Å². The highest BCUT2D eigenvalue weighted by Crippen LogP contribution is 2.42. The van der Waals surface area contributed by atoms with Crippen molar-refractivity contribution < 1.29 is 0 Å². The van der Waals surface area contributed by atoms with Crippen LogP contribution in [0.4, 0.5) is 0 Å². The van der Waals surface area contributed by atoms with Gasteiger partial charge >= 0.3 is 0 Å². The smallest absolute Gasteiger partial charge is 0.164 e. The third-order valence-electron chi connectivity index (χ3n) is 8.67. The number of hydrogen-bond donors (Lipinski definition) is 0. The molecule has 0 unspecified atom stereocenters. The number of fused-ring (bicyclic) bond motifs is 6. The van der Waals surface area contributed by atoms with Gasteiger partial charge in [-0.25, -0.2) is 15.0 Å². The van der Waals surface area contributed by atoms with E-state index in [1.54, 1.807) is 0 Å². The van der Waals surface area contributed by atoms with Gasteiger partial charge in [0, 0.05) is 37.9 Å². The Balaban J connectivity index is 1.77. The number of allylic oxidation sites excluding steroid dienone is 1. The van der Waals surface area contributed by atoms with E-state index in [1.165, 1.54) is 43.5 Å². The van der Waals surface area contributed by atoms with Gasteiger partial charge in [-0.2, -0.15) is 0 Å². The van der Waals surface area contributed by atoms with Crippen LogP contribution in [0.15, 0.2) is 66.7 Å². The van der Waals surface area contributed by atoms with Crippen LogP contribution in [-0.4, -0.2) is 19.4 Å². The van der Waals surface area contributed by atoms with Crippen molar-refractivity contribution in [1.82, 2.24) is 19.4 Å². The van der Waals surface area contributed by atoms with Gasteiger partial charge in [-0.15, -0.1) is 0 Å². The van der Waals surface area contributed by atoms with Crippen LogP contribution in [0, 0.1) is 6.92 Å². The average Bonchev–Trinajstić information content (AvgIpc) is 3.30. The van der Waals surface area contributed by atoms with E-state index in [0.29, 0.717) is 0 Å². The fourth-order valence-electron chi connectivity index (χ4n) is 6.60. The topological polar surface area (TPSA) is 43.1 Å². The van der Waals surface area contributed by atoms with Crippen LogP contribution in [0.25, 0.3) is 72.9 Å². The number of nitrogens with zero attached hydrogens (tertiary/aromatic N) is 4. The molecule has 0 aliphatic carbocycles. The van der Waals surface area contributed by atoms with Crippen LogP contribution in [0.2, 0.25) is 0 Å². The molecule has 214 valence electrons. The first kappa shape index (κ1) is 27.3. The summed E-state index contributed by atoms with van der Waals surface area (Å²) in [6, 6.07) is 22.0. The largest absolute Gasteiger partial charge is 0.308 e. The molecule has 3 heterocycles. The Morgan fingerprint density at radius 2 is 1.35 bits per heavy atom. The van der Waals surface area contributed by atoms with E-state index in [9.17, 15) is 0 Å². The van der Waals surface area contributed by atoms with E-state index in [0.717, 1.165) is 44.7 Å². The Kier molecular flexibility index (Phi) is 5.84. The maximum atomic E-state index is 5.17. The molecule has 7 aromatic rings. The van der Waals surface area contributed by atoms with Crippen LogP contribution in [0.3, 0.4) is 0 Å². The van der Waals surface area contributed by atoms with Crippen molar-refractivity contribution in [3.63, 3.8) is 0 Å². The summed E-state index contributed by atoms with van der Waals surface area (Å²) in [5.41, 5.74) is 6.44. The number of hydrogen-bond acceptors (Lipinski definition) is 3. The third-order valence-corrected chi connectivity index (χ3v) is 8.67. The second-order valence-electron chi connectivity index (χ2n) is 13.9. The fourth-order valence-corrected chi connectivity index (χ4v) is 6.60. The highest BCUT2D eigenvalue weighted by molar-refractivity contribution is 6.24. The van der Waals surface area contributed by atoms with Crippen molar-refractivity contribution in [3.05, 3.63) is 94.7 Å². The first-order valence-corrected chi connectivity index (χ1v) is 15.1. The van der Waals surface area contributed by atoms with Crippen LogP contribution < -0.4 is 5.22 Å². The molecular formula is C39H38N4. The third kappa shape index (κ3) is 4.00. The Morgan fingerprint density at radius 1 is 0.721 bits per heavy atom. The zero-order chi connectivity index (χ0) is 30.4. The summed E-state index contributed by atoms with van der Waals surface area (Å²) < 4.78 is 2.45. The van der Waals surface area contributed by atoms with E-state index in [1.807, 2.05) is 0 Å². The molecule has 4 aromatic carbocycles. The first-order valence-electron chi connectivity index (χ1n) is 15.1. The number of pyridine rings is 1. The van der Waals surface area contributed by atoms with E-state index >= 15 is 0 Å². The van der Waals surface area contributed by atoms with Crippen molar-refractivity contribution >= 4 is 61.5 Å². The lowest BCUT2D eigenvalue weighted by Gasteiger charge is -2.23. The summed E-state index contributed by atoms with van der Waals surface area (Å²) in [4.78, 5) is 15.3. The van der Waals surface area contributed by atoms with Crippen LogP contribution >= 0.6 is 0 Å². The Labute approximate surface area is 252 Å². The van der Waals surface area contributed by atoms with Crippen LogP contribution in [-0.2, 0) is 10.8 Å². The second-order valence-corrected chi connectivity index (χ2v) is 13.9. The zero-order valence-electron chi connectivity index (χ0n) is 26.4. The quantitative estimate of drug-likeness (QED) is 0.197. The normalized spacial score (nSPS) is 13.1. The number of aryl methyl sites for hydroxylation is 1. The minimum atomic E-state index is -0.228. The molecule has 0 saturated heterocycles. The molecule has 0 spiro atoms. The number of para-hydroxylation sites is 1. The van der Waals surface area contributed by atoms with Gasteiger partial charge in [0.1, 0.15) is 11.6 Å². The van der Waals surface area contributed by atoms with Crippen molar-refractivity contribution in [2.24, 2.45) is 0 Å². The molecule has 0 N–H and O–H groups in total. The number of aromatic nitrogens is 4. The van der Waals surface area contributed by atoms with Gasteiger partial charge in [-0.3, -0.25) is 0 Å². The molecular weight excluding hydrogens is 524 g/mol. The summed E-state index contributed by atoms with van der Waals surface area (Å²) in [6.45, 7) is 22.1. The molecule has 0 bridgehead atoms. The zero-order valence-corrected chi connectivity index (χ0v) is 26.4. The van der Waals surface area contributed by atoms with Gasteiger partial charge in [-0.05, 0) is 59.2 Å². The molecule has 0 aliphatic rings. The number of rotatable bonds is 2. The molecule has 0 saturated carbocycles. The van der Waals surface area contributed by atoms with Gasteiger partial charge in [0.2, 0.25) is 0 Å². The standard InChI is InChI=1S/C39H38N4/c1-10-15-25-20-28(35-40-36(38(4,5)6)42-37(41-35)39(7,8)9)33-27-18-13-14-19-29(27)43-30-21-24-16-11-12-17-26(24)22(2)31(30)23(3)32(25)34(33)43/h10-21H,3H2,1-2,4-9H3/b15-10-. The molecule has 3 aromatic heterocycles. The maximum absolute atomic E-state index is 5.17. The monoisotopic (exact) mass is 562 g/mol. The van der Waals surface area contributed by atoms with Crippen LogP contribution in [0.1, 0.15) is 71.2 Å². The molecule has 0 amide bonds. The minimum absolute atomic E-state index is 0.228. The van der Waals surface area contributed by atoms with Crippen LogP contribution in [0.5, 0.6) is 0 Å². The number of benzene rings is 4. The highest BCUT2D eigenvalue weighted by Gasteiger charge is 2.28. The highest BCUT2D eigenvalue weighted by atomic mass is 15.1. The fraction of sp³-hybridized carbons (Fsp3) is 0.256. The second kappa shape index (κ2) is 9.21. The lowest BCUT2D eigenvalue weighted by Crippen LogP contribution is -2.24. The Hall–Kier alpha value is -4.57. The molecule has 4 nitrogen and oxygen atoms in total. The lowest BCUT2D eigenvalue weighted by molar-refractivity contribution is 0.497. The first-order chi connectivity index (χ1) is 20.4. The minimum Gasteiger partial charge on any atom is -0.308 e. The van der Waals surface area contributed by atoms with Gasteiger partial charge < -0.3 is 4.40 Å². The predicted octanol–water partition coefficient (Wildman–Crippen LogP) is 9.47. The summed E-state index contributed by atoms with van der Waals surface area (Å²) in [5, 5.41) is 8.26. The average molecular weight is 563 g/mol. The van der Waals surface area contributed by atoms with Gasteiger partial charge in [0.15, 0.2) is 5.82 Å². The van der Waals surface area contributed by atoms with E-state index in [2.05, 4.69) is 133 Å². The summed E-state index contributed by atoms with van der Waals surface area (Å²) in [6.07, 6.45) is 4.31. The molecule has 0 atom stereocenters. The molecule has 43 heavy (non-hydrogen) atoms. The van der Waals surface area contributed by atoms with Gasteiger partial charge in [0.05, 0.1) is 16.6 Å². The summed E-state index contributed by atoms with van der Waals surface area (Å²) in [7, 11) is 0. The molecule has 7 rings (SSSR count). The van der Waals surface area contributed by atoms with Crippen molar-refractivity contribution in [2.75, 3.05) is 0 Å². The van der Waals surface area contributed by atoms with Crippen molar-refractivity contribution in [3.8, 4) is 11.4 Å². The van der Waals surface area contributed by atoms with Gasteiger partial charge in [0.25, 0.3) is 0 Å². The van der Waals surface area contributed by atoms with E-state index in [-0.39, 0.29) is 10.8 Å². The maximum Gasteiger partial charge on any atom is 0.164 e. The lowest BCUT2D eigenvalue weighted by atomic mass is 9.91. The molecule has 4 heteroatoms. The summed E-state index contributed by atoms with van der Waals surface area (Å²) in [5.74, 6) is 2.33. The Morgan fingerprint density at radius 3 is 2.00 bits per heavy atom. The predicted molar refractivity (Wildman–Crippen MR) is 184 cm³/mol. The summed E-state index contributed by atoms with van der Waals surface area (Å²) >= 11 is 0. The van der Waals surface area contributed by atoms with E-state index < -0.39 is 0 Å².